The van der Waals surface area contributed by atoms with Crippen LogP contribution in [-0.4, -0.2) is 37.0 Å². The molecule has 1 saturated heterocycles. The van der Waals surface area contributed by atoms with Crippen molar-refractivity contribution in [3.8, 4) is 5.75 Å². The number of carbonyl (C=O) groups is 1. The largest absolute Gasteiger partial charge is 0.493 e. The van der Waals surface area contributed by atoms with Crippen molar-refractivity contribution in [3.63, 3.8) is 0 Å². The van der Waals surface area contributed by atoms with Gasteiger partial charge in [0, 0.05) is 12.1 Å². The average Bonchev–Trinajstić information content (AvgIpc) is 3.27. The normalized spacial score (nSPS) is 15.8. The maximum atomic E-state index is 12.8. The molecular formula is C27H38N2O2. The highest BCUT2D eigenvalue weighted by molar-refractivity contribution is 5.94. The van der Waals surface area contributed by atoms with E-state index < -0.39 is 0 Å². The molecule has 1 aliphatic heterocycles. The fraction of sp³-hybridized carbons (Fsp3) is 0.519. The maximum absolute atomic E-state index is 12.8. The van der Waals surface area contributed by atoms with E-state index in [0.717, 1.165) is 18.8 Å². The Labute approximate surface area is 188 Å². The summed E-state index contributed by atoms with van der Waals surface area (Å²) < 4.78 is 5.72. The predicted octanol–water partition coefficient (Wildman–Crippen LogP) is 5.59. The molecule has 1 heterocycles. The Morgan fingerprint density at radius 3 is 2.16 bits per heavy atom. The molecule has 0 radical (unpaired) electrons. The molecule has 0 spiro atoms. The number of likely N-dealkylation sites (tertiary alicyclic amines) is 1. The van der Waals surface area contributed by atoms with E-state index in [1.807, 2.05) is 24.3 Å². The summed E-state index contributed by atoms with van der Waals surface area (Å²) in [5, 5.41) is 3.17. The number of benzene rings is 2. The Hall–Kier alpha value is -2.33. The van der Waals surface area contributed by atoms with Gasteiger partial charge in [-0.15, -0.1) is 0 Å². The zero-order valence-electron chi connectivity index (χ0n) is 19.8. The van der Waals surface area contributed by atoms with Crippen LogP contribution in [0.1, 0.15) is 75.0 Å². The standard InChI is InChI=1S/C27H38N2O2/c1-20(2)19-31-24-14-10-22(11-15-24)26(30)28-18-25(29-16-6-7-17-29)21-8-12-23(13-9-21)27(3,4)5/h8-15,20,25H,6-7,16-19H2,1-5H3,(H,28,30)/t25-/m0/s1. The number of hydrogen-bond acceptors (Lipinski definition) is 3. The number of hydrogen-bond donors (Lipinski definition) is 1. The van der Waals surface area contributed by atoms with Crippen LogP contribution in [0, 0.1) is 5.92 Å². The Balaban J connectivity index is 1.66. The number of nitrogens with one attached hydrogen (secondary N) is 1. The predicted molar refractivity (Wildman–Crippen MR) is 128 cm³/mol. The summed E-state index contributed by atoms with van der Waals surface area (Å²) >= 11 is 0. The lowest BCUT2D eigenvalue weighted by Crippen LogP contribution is -2.36. The number of amides is 1. The minimum Gasteiger partial charge on any atom is -0.493 e. The third kappa shape index (κ3) is 6.57. The molecule has 1 amide bonds. The molecule has 1 fully saturated rings. The average molecular weight is 423 g/mol. The molecule has 31 heavy (non-hydrogen) atoms. The summed E-state index contributed by atoms with van der Waals surface area (Å²) in [6, 6.07) is 16.6. The molecule has 0 unspecified atom stereocenters. The fourth-order valence-electron chi connectivity index (χ4n) is 3.97. The molecule has 1 aliphatic rings. The topological polar surface area (TPSA) is 41.6 Å². The first-order chi connectivity index (χ1) is 14.7. The second-order valence-electron chi connectivity index (χ2n) is 10.1. The fourth-order valence-corrected chi connectivity index (χ4v) is 3.97. The van der Waals surface area contributed by atoms with Crippen LogP contribution in [0.15, 0.2) is 48.5 Å². The Bertz CT molecular complexity index is 829. The van der Waals surface area contributed by atoms with Crippen molar-refractivity contribution in [2.45, 2.75) is 58.9 Å². The maximum Gasteiger partial charge on any atom is 0.251 e. The molecule has 0 bridgehead atoms. The molecule has 2 aromatic carbocycles. The van der Waals surface area contributed by atoms with Crippen LogP contribution in [-0.2, 0) is 5.41 Å². The molecule has 4 nitrogen and oxygen atoms in total. The zero-order valence-corrected chi connectivity index (χ0v) is 19.8. The van der Waals surface area contributed by atoms with Gasteiger partial charge in [-0.3, -0.25) is 9.69 Å². The monoisotopic (exact) mass is 422 g/mol. The van der Waals surface area contributed by atoms with E-state index in [4.69, 9.17) is 4.74 Å². The van der Waals surface area contributed by atoms with Gasteiger partial charge in [-0.1, -0.05) is 58.9 Å². The van der Waals surface area contributed by atoms with Gasteiger partial charge < -0.3 is 10.1 Å². The van der Waals surface area contributed by atoms with Crippen molar-refractivity contribution in [3.05, 3.63) is 65.2 Å². The summed E-state index contributed by atoms with van der Waals surface area (Å²) in [6.45, 7) is 14.4. The van der Waals surface area contributed by atoms with Crippen molar-refractivity contribution in [1.82, 2.24) is 10.2 Å². The van der Waals surface area contributed by atoms with E-state index in [1.165, 1.54) is 24.0 Å². The van der Waals surface area contributed by atoms with Crippen LogP contribution in [0.4, 0.5) is 0 Å². The zero-order chi connectivity index (χ0) is 22.4. The molecule has 3 rings (SSSR count). The molecule has 168 valence electrons. The van der Waals surface area contributed by atoms with Gasteiger partial charge in [-0.25, -0.2) is 0 Å². The lowest BCUT2D eigenvalue weighted by atomic mass is 9.86. The van der Waals surface area contributed by atoms with Gasteiger partial charge in [0.15, 0.2) is 0 Å². The van der Waals surface area contributed by atoms with Crippen LogP contribution < -0.4 is 10.1 Å². The van der Waals surface area contributed by atoms with Crippen LogP contribution >= 0.6 is 0 Å². The van der Waals surface area contributed by atoms with Crippen molar-refractivity contribution in [2.24, 2.45) is 5.92 Å². The van der Waals surface area contributed by atoms with E-state index in [9.17, 15) is 4.79 Å². The van der Waals surface area contributed by atoms with E-state index >= 15 is 0 Å². The van der Waals surface area contributed by atoms with Gasteiger partial charge in [0.25, 0.3) is 5.91 Å². The van der Waals surface area contributed by atoms with Crippen molar-refractivity contribution >= 4 is 5.91 Å². The van der Waals surface area contributed by atoms with Crippen LogP contribution in [0.5, 0.6) is 5.75 Å². The van der Waals surface area contributed by atoms with Crippen LogP contribution in [0.25, 0.3) is 0 Å². The van der Waals surface area contributed by atoms with Gasteiger partial charge in [-0.05, 0) is 72.7 Å². The molecular weight excluding hydrogens is 384 g/mol. The van der Waals surface area contributed by atoms with Crippen molar-refractivity contribution in [1.29, 1.82) is 0 Å². The summed E-state index contributed by atoms with van der Waals surface area (Å²) in [6.07, 6.45) is 2.45. The van der Waals surface area contributed by atoms with Gasteiger partial charge in [0.05, 0.1) is 12.6 Å². The second kappa shape index (κ2) is 10.3. The van der Waals surface area contributed by atoms with E-state index in [2.05, 4.69) is 69.1 Å². The lowest BCUT2D eigenvalue weighted by Gasteiger charge is -2.29. The highest BCUT2D eigenvalue weighted by Crippen LogP contribution is 2.28. The van der Waals surface area contributed by atoms with Gasteiger partial charge in [0.1, 0.15) is 5.75 Å². The van der Waals surface area contributed by atoms with E-state index in [-0.39, 0.29) is 17.4 Å². The SMILES string of the molecule is CC(C)COc1ccc(C(=O)NC[C@@H](c2ccc(C(C)(C)C)cc2)N2CCCC2)cc1. The minimum absolute atomic E-state index is 0.0362. The van der Waals surface area contributed by atoms with Gasteiger partial charge >= 0.3 is 0 Å². The molecule has 0 aromatic heterocycles. The van der Waals surface area contributed by atoms with Gasteiger partial charge in [-0.2, -0.15) is 0 Å². The summed E-state index contributed by atoms with van der Waals surface area (Å²) in [7, 11) is 0. The molecule has 4 heteroatoms. The van der Waals surface area contributed by atoms with Crippen molar-refractivity contribution < 1.29 is 9.53 Å². The highest BCUT2D eigenvalue weighted by atomic mass is 16.5. The highest BCUT2D eigenvalue weighted by Gasteiger charge is 2.25. The molecule has 1 N–H and O–H groups in total. The molecule has 0 aliphatic carbocycles. The second-order valence-corrected chi connectivity index (χ2v) is 10.1. The smallest absolute Gasteiger partial charge is 0.251 e. The first-order valence-electron chi connectivity index (χ1n) is 11.6. The van der Waals surface area contributed by atoms with Crippen LogP contribution in [0.3, 0.4) is 0 Å². The number of carbonyl (C=O) groups excluding carboxylic acids is 1. The summed E-state index contributed by atoms with van der Waals surface area (Å²) in [5.41, 5.74) is 3.41. The number of rotatable bonds is 8. The lowest BCUT2D eigenvalue weighted by molar-refractivity contribution is 0.0938. The molecule has 2 aromatic rings. The molecule has 0 saturated carbocycles. The Morgan fingerprint density at radius 1 is 1.00 bits per heavy atom. The number of ether oxygens (including phenoxy) is 1. The minimum atomic E-state index is -0.0362. The first-order valence-corrected chi connectivity index (χ1v) is 11.6. The third-order valence-electron chi connectivity index (χ3n) is 5.90. The summed E-state index contributed by atoms with van der Waals surface area (Å²) in [5.74, 6) is 1.24. The Kier molecular flexibility index (Phi) is 7.77. The molecule has 1 atom stereocenters. The van der Waals surface area contributed by atoms with Crippen molar-refractivity contribution in [2.75, 3.05) is 26.2 Å². The first kappa shape index (κ1) is 23.3. The quantitative estimate of drug-likeness (QED) is 0.603. The third-order valence-corrected chi connectivity index (χ3v) is 5.90. The van der Waals surface area contributed by atoms with E-state index in [1.54, 1.807) is 0 Å². The van der Waals surface area contributed by atoms with Crippen LogP contribution in [0.2, 0.25) is 0 Å². The van der Waals surface area contributed by atoms with Gasteiger partial charge in [0.2, 0.25) is 0 Å². The Morgan fingerprint density at radius 2 is 1.61 bits per heavy atom. The summed E-state index contributed by atoms with van der Waals surface area (Å²) in [4.78, 5) is 15.3. The number of nitrogens with zero attached hydrogens (tertiary/aromatic N) is 1. The van der Waals surface area contributed by atoms with E-state index in [0.29, 0.717) is 24.6 Å².